The largest absolute Gasteiger partial charge is 0.375 e. The number of nitrogens with zero attached hydrogens (tertiary/aromatic N) is 1. The lowest BCUT2D eigenvalue weighted by Gasteiger charge is -2.14. The Labute approximate surface area is 129 Å². The van der Waals surface area contributed by atoms with Crippen LogP contribution in [0.4, 0.5) is 5.13 Å². The van der Waals surface area contributed by atoms with Gasteiger partial charge in [-0.3, -0.25) is 0 Å². The van der Waals surface area contributed by atoms with Crippen LogP contribution in [0.2, 0.25) is 0 Å². The first kappa shape index (κ1) is 12.4. The molecule has 2 nitrogen and oxygen atoms in total. The topological polar surface area (TPSA) is 38.9 Å². The number of thiazole rings is 1. The molecule has 0 radical (unpaired) electrons. The fourth-order valence-electron chi connectivity index (χ4n) is 3.13. The van der Waals surface area contributed by atoms with E-state index in [9.17, 15) is 0 Å². The zero-order chi connectivity index (χ0) is 13.7. The highest BCUT2D eigenvalue weighted by atomic mass is 79.9. The number of aryl methyl sites for hydroxylation is 1. The number of aromatic nitrogens is 1. The maximum Gasteiger partial charge on any atom is 0.180 e. The minimum atomic E-state index is 0.442. The van der Waals surface area contributed by atoms with Crippen LogP contribution >= 0.6 is 27.3 Å². The maximum atomic E-state index is 5.87. The van der Waals surface area contributed by atoms with Crippen LogP contribution < -0.4 is 5.73 Å². The van der Waals surface area contributed by atoms with Gasteiger partial charge < -0.3 is 5.73 Å². The molecule has 0 saturated heterocycles. The van der Waals surface area contributed by atoms with Crippen molar-refractivity contribution in [2.75, 3.05) is 5.73 Å². The van der Waals surface area contributed by atoms with Crippen LogP contribution in [0.5, 0.6) is 0 Å². The molecule has 2 aromatic carbocycles. The van der Waals surface area contributed by atoms with Crippen LogP contribution in [-0.2, 0) is 6.42 Å². The van der Waals surface area contributed by atoms with Crippen molar-refractivity contribution >= 4 is 43.2 Å². The molecule has 4 heteroatoms. The molecule has 0 fully saturated rings. The average molecular weight is 345 g/mol. The van der Waals surface area contributed by atoms with Crippen molar-refractivity contribution in [3.05, 3.63) is 57.0 Å². The number of nitrogen functional groups attached to an aromatic ring is 1. The highest BCUT2D eigenvalue weighted by Gasteiger charge is 2.29. The van der Waals surface area contributed by atoms with E-state index >= 15 is 0 Å². The van der Waals surface area contributed by atoms with Crippen molar-refractivity contribution in [2.24, 2.45) is 0 Å². The van der Waals surface area contributed by atoms with Crippen molar-refractivity contribution in [2.45, 2.75) is 18.8 Å². The van der Waals surface area contributed by atoms with Crippen molar-refractivity contribution in [1.82, 2.24) is 4.98 Å². The van der Waals surface area contributed by atoms with E-state index in [2.05, 4.69) is 57.3 Å². The molecule has 0 saturated carbocycles. The van der Waals surface area contributed by atoms with E-state index in [4.69, 9.17) is 5.73 Å². The smallest absolute Gasteiger partial charge is 0.180 e. The molecule has 2 N–H and O–H groups in total. The van der Waals surface area contributed by atoms with E-state index in [-0.39, 0.29) is 0 Å². The third kappa shape index (κ3) is 1.79. The Balaban J connectivity index is 1.94. The average Bonchev–Trinajstić information content (AvgIpc) is 2.99. The van der Waals surface area contributed by atoms with Crippen molar-refractivity contribution < 1.29 is 0 Å². The number of anilines is 1. The Morgan fingerprint density at radius 1 is 1.15 bits per heavy atom. The third-order valence-corrected chi connectivity index (χ3v) is 5.74. The van der Waals surface area contributed by atoms with Gasteiger partial charge >= 0.3 is 0 Å². The summed E-state index contributed by atoms with van der Waals surface area (Å²) >= 11 is 5.29. The summed E-state index contributed by atoms with van der Waals surface area (Å²) in [6, 6.07) is 13.0. The minimum absolute atomic E-state index is 0.442. The van der Waals surface area contributed by atoms with Gasteiger partial charge in [0.1, 0.15) is 0 Å². The molecular weight excluding hydrogens is 332 g/mol. The Morgan fingerprint density at radius 2 is 1.95 bits per heavy atom. The first-order valence-electron chi connectivity index (χ1n) is 6.66. The van der Waals surface area contributed by atoms with Crippen LogP contribution in [0.3, 0.4) is 0 Å². The van der Waals surface area contributed by atoms with E-state index in [0.717, 1.165) is 17.3 Å². The predicted octanol–water partition coefficient (Wildman–Crippen LogP) is 4.72. The highest BCUT2D eigenvalue weighted by Crippen LogP contribution is 2.44. The Hall–Kier alpha value is -1.39. The summed E-state index contributed by atoms with van der Waals surface area (Å²) < 4.78 is 1.15. The van der Waals surface area contributed by atoms with E-state index < -0.39 is 0 Å². The molecule has 0 bridgehead atoms. The molecule has 100 valence electrons. The third-order valence-electron chi connectivity index (χ3n) is 4.01. The lowest BCUT2D eigenvalue weighted by atomic mass is 9.93. The summed E-state index contributed by atoms with van der Waals surface area (Å²) in [7, 11) is 0. The number of nitrogens with two attached hydrogens (primary N) is 1. The molecular formula is C16H13BrN2S. The Bertz CT molecular complexity index is 809. The van der Waals surface area contributed by atoms with E-state index in [0.29, 0.717) is 11.0 Å². The lowest BCUT2D eigenvalue weighted by molar-refractivity contribution is 0.796. The zero-order valence-electron chi connectivity index (χ0n) is 10.8. The van der Waals surface area contributed by atoms with Crippen LogP contribution in [-0.4, -0.2) is 4.98 Å². The molecule has 0 aliphatic heterocycles. The fourth-order valence-corrected chi connectivity index (χ4v) is 4.64. The molecule has 1 aliphatic rings. The predicted molar refractivity (Wildman–Crippen MR) is 88.3 cm³/mol. The number of halogens is 1. The lowest BCUT2D eigenvalue weighted by Crippen LogP contribution is -1.96. The molecule has 1 unspecified atom stereocenters. The monoisotopic (exact) mass is 344 g/mol. The molecule has 0 spiro atoms. The summed E-state index contributed by atoms with van der Waals surface area (Å²) in [4.78, 5) is 5.81. The molecule has 1 atom stereocenters. The van der Waals surface area contributed by atoms with Crippen LogP contribution in [0.1, 0.15) is 28.5 Å². The molecule has 0 amide bonds. The number of hydrogen-bond acceptors (Lipinski definition) is 3. The highest BCUT2D eigenvalue weighted by molar-refractivity contribution is 9.10. The quantitative estimate of drug-likeness (QED) is 0.693. The van der Waals surface area contributed by atoms with Crippen LogP contribution in [0.15, 0.2) is 40.9 Å². The summed E-state index contributed by atoms with van der Waals surface area (Å²) in [6.07, 6.45) is 2.18. The van der Waals surface area contributed by atoms with Gasteiger partial charge in [0.05, 0.1) is 5.69 Å². The van der Waals surface area contributed by atoms with Gasteiger partial charge in [-0.15, -0.1) is 11.3 Å². The first-order valence-corrected chi connectivity index (χ1v) is 8.27. The minimum Gasteiger partial charge on any atom is -0.375 e. The van der Waals surface area contributed by atoms with E-state index in [1.807, 2.05) is 0 Å². The molecule has 1 aromatic heterocycles. The van der Waals surface area contributed by atoms with Gasteiger partial charge in [-0.25, -0.2) is 4.98 Å². The summed E-state index contributed by atoms with van der Waals surface area (Å²) in [5, 5.41) is 3.30. The second-order valence-electron chi connectivity index (χ2n) is 5.14. The summed E-state index contributed by atoms with van der Waals surface area (Å²) in [5.74, 6) is 0.442. The van der Waals surface area contributed by atoms with Gasteiger partial charge in [-0.05, 0) is 35.2 Å². The number of fused-ring (bicyclic) bond motifs is 2. The van der Waals surface area contributed by atoms with Gasteiger partial charge in [0.2, 0.25) is 0 Å². The van der Waals surface area contributed by atoms with Gasteiger partial charge in [-0.2, -0.15) is 0 Å². The number of rotatable bonds is 1. The van der Waals surface area contributed by atoms with Gasteiger partial charge in [-0.1, -0.05) is 46.3 Å². The van der Waals surface area contributed by atoms with Crippen molar-refractivity contribution in [3.63, 3.8) is 0 Å². The van der Waals surface area contributed by atoms with Crippen LogP contribution in [0, 0.1) is 0 Å². The Morgan fingerprint density at radius 3 is 2.80 bits per heavy atom. The first-order chi connectivity index (χ1) is 9.74. The standard InChI is InChI=1S/C16H13BrN2S/c17-13-7-5-10(9-3-1-2-4-11(9)13)12-6-8-14-15(12)20-16(18)19-14/h1-5,7,12H,6,8H2,(H2,18,19). The van der Waals surface area contributed by atoms with Gasteiger partial charge in [0.25, 0.3) is 0 Å². The second-order valence-corrected chi connectivity index (χ2v) is 7.05. The van der Waals surface area contributed by atoms with Crippen molar-refractivity contribution in [1.29, 1.82) is 0 Å². The normalized spacial score (nSPS) is 17.6. The molecule has 4 rings (SSSR count). The molecule has 1 aliphatic carbocycles. The summed E-state index contributed by atoms with van der Waals surface area (Å²) in [6.45, 7) is 0. The summed E-state index contributed by atoms with van der Waals surface area (Å²) in [5.41, 5.74) is 8.46. The van der Waals surface area contributed by atoms with Crippen molar-refractivity contribution in [3.8, 4) is 0 Å². The molecule has 20 heavy (non-hydrogen) atoms. The maximum absolute atomic E-state index is 5.87. The Kier molecular flexibility index (Phi) is 2.82. The number of hydrogen-bond donors (Lipinski definition) is 1. The number of benzene rings is 2. The second kappa shape index (κ2) is 4.57. The van der Waals surface area contributed by atoms with Gasteiger partial charge in [0.15, 0.2) is 5.13 Å². The van der Waals surface area contributed by atoms with Crippen LogP contribution in [0.25, 0.3) is 10.8 Å². The zero-order valence-corrected chi connectivity index (χ0v) is 13.2. The van der Waals surface area contributed by atoms with E-state index in [1.54, 1.807) is 11.3 Å². The molecule has 3 aromatic rings. The molecule has 1 heterocycles. The fraction of sp³-hybridized carbons (Fsp3) is 0.188. The SMILES string of the molecule is Nc1nc2c(s1)C(c1ccc(Br)c3ccccc13)CC2. The van der Waals surface area contributed by atoms with Gasteiger partial charge in [0, 0.05) is 15.3 Å². The van der Waals surface area contributed by atoms with E-state index in [1.165, 1.54) is 26.9 Å².